The van der Waals surface area contributed by atoms with Gasteiger partial charge in [0.15, 0.2) is 0 Å². The van der Waals surface area contributed by atoms with Gasteiger partial charge in [0, 0.05) is 21.1 Å². The molecule has 0 fully saturated rings. The van der Waals surface area contributed by atoms with Crippen LogP contribution < -0.4 is 0 Å². The maximum Gasteiger partial charge on any atom is 0 e. The summed E-state index contributed by atoms with van der Waals surface area (Å²) in [6.07, 6.45) is 0. The van der Waals surface area contributed by atoms with Crippen LogP contribution in [0.15, 0.2) is 12.1 Å². The molecule has 0 aliphatic rings. The molecule has 1 aromatic carbocycles. The molecule has 0 aliphatic heterocycles. The predicted molar refractivity (Wildman–Crippen MR) is 55.4 cm³/mol. The number of benzene rings is 1. The van der Waals surface area contributed by atoms with E-state index >= 15 is 0 Å². The Labute approximate surface area is 103 Å². The minimum Gasteiger partial charge on any atom is -0.159 e. The minimum absolute atomic E-state index is 0. The van der Waals surface area contributed by atoms with Gasteiger partial charge in [0.1, 0.15) is 0 Å². The van der Waals surface area contributed by atoms with E-state index in [1.165, 1.54) is 12.7 Å². The van der Waals surface area contributed by atoms with Crippen LogP contribution in [0.25, 0.3) is 0 Å². The van der Waals surface area contributed by atoms with E-state index in [4.69, 9.17) is 0 Å². The third-order valence-corrected chi connectivity index (χ3v) is 2.11. The molecule has 0 aliphatic carbocycles. The summed E-state index contributed by atoms with van der Waals surface area (Å²) < 4.78 is 2.38. The average Bonchev–Trinajstić information content (AvgIpc) is 1.59. The van der Waals surface area contributed by atoms with Gasteiger partial charge in [-0.05, 0) is 0 Å². The first-order valence-corrected chi connectivity index (χ1v) is 4.69. The molecule has 0 spiro atoms. The van der Waals surface area contributed by atoms with E-state index in [1.807, 2.05) is 0 Å². The van der Waals surface area contributed by atoms with Crippen molar-refractivity contribution in [2.24, 2.45) is 0 Å². The molecule has 0 bridgehead atoms. The van der Waals surface area contributed by atoms with E-state index in [0.29, 0.717) is 0 Å². The molecule has 0 saturated heterocycles. The van der Waals surface area contributed by atoms with Crippen molar-refractivity contribution in [1.82, 2.24) is 0 Å². The smallest absolute Gasteiger partial charge is 0 e. The summed E-state index contributed by atoms with van der Waals surface area (Å²) in [6.45, 7) is 2.10. The largest absolute Gasteiger partial charge is 0.159 e. The summed E-state index contributed by atoms with van der Waals surface area (Å²) in [5.74, 6) is 0. The van der Waals surface area contributed by atoms with Crippen LogP contribution in [0.4, 0.5) is 0 Å². The molecule has 0 atom stereocenters. The van der Waals surface area contributed by atoms with E-state index in [9.17, 15) is 0 Å². The maximum atomic E-state index is 3.18. The van der Waals surface area contributed by atoms with Crippen LogP contribution in [0.5, 0.6) is 0 Å². The van der Waals surface area contributed by atoms with Crippen LogP contribution in [0.1, 0.15) is 5.56 Å². The van der Waals surface area contributed by atoms with Gasteiger partial charge < -0.3 is 0 Å². The molecule has 0 N–H and O–H groups in total. The van der Waals surface area contributed by atoms with Crippen molar-refractivity contribution >= 4 is 45.2 Å². The molecule has 1 aromatic rings. The Kier molecular flexibility index (Phi) is 5.79. The molecule has 0 aromatic heterocycles. The van der Waals surface area contributed by atoms with Crippen LogP contribution >= 0.6 is 45.2 Å². The molecular formula is C7H5I2W-. The molecule has 3 heteroatoms. The maximum absolute atomic E-state index is 3.18. The van der Waals surface area contributed by atoms with Crippen molar-refractivity contribution in [2.45, 2.75) is 6.92 Å². The molecule has 0 heterocycles. The van der Waals surface area contributed by atoms with Gasteiger partial charge in [-0.2, -0.15) is 23.8 Å². The van der Waals surface area contributed by atoms with Gasteiger partial charge in [0.2, 0.25) is 0 Å². The first-order chi connectivity index (χ1) is 4.18. The molecule has 10 heavy (non-hydrogen) atoms. The minimum atomic E-state index is 0. The Balaban J connectivity index is 0.000000810. The van der Waals surface area contributed by atoms with Crippen molar-refractivity contribution in [3.05, 3.63) is 30.9 Å². The second kappa shape index (κ2) is 5.09. The van der Waals surface area contributed by atoms with E-state index in [0.717, 1.165) is 0 Å². The van der Waals surface area contributed by atoms with Gasteiger partial charge in [-0.15, -0.1) is 0 Å². The molecule has 54 valence electrons. The summed E-state index contributed by atoms with van der Waals surface area (Å²) in [6, 6.07) is 7.41. The van der Waals surface area contributed by atoms with Gasteiger partial charge in [0.25, 0.3) is 0 Å². The average molecular weight is 527 g/mol. The predicted octanol–water partition coefficient (Wildman–Crippen LogP) is 3.00. The second-order valence-corrected chi connectivity index (χ2v) is 4.18. The van der Waals surface area contributed by atoms with Gasteiger partial charge in [-0.1, -0.05) is 59.2 Å². The van der Waals surface area contributed by atoms with Crippen molar-refractivity contribution in [3.8, 4) is 0 Å². The molecule has 0 saturated carbocycles. The van der Waals surface area contributed by atoms with Crippen molar-refractivity contribution in [1.29, 1.82) is 0 Å². The summed E-state index contributed by atoms with van der Waals surface area (Å²) >= 11 is 4.54. The van der Waals surface area contributed by atoms with Gasteiger partial charge >= 0.3 is 0 Å². The third kappa shape index (κ3) is 3.67. The van der Waals surface area contributed by atoms with Gasteiger partial charge in [0.05, 0.1) is 0 Å². The van der Waals surface area contributed by atoms with Gasteiger partial charge in [-0.3, -0.25) is 0 Å². The van der Waals surface area contributed by atoms with Crippen LogP contribution in [0, 0.1) is 20.1 Å². The summed E-state index contributed by atoms with van der Waals surface area (Å²) in [5.41, 5.74) is 1.31. The SMILES string of the molecule is Cc1cc(I)[c-]c(I)c1.[W]. The Bertz CT molecular complexity index is 172. The first kappa shape index (κ1) is 11.4. The molecular weight excluding hydrogens is 522 g/mol. The van der Waals surface area contributed by atoms with Crippen LogP contribution in [0.3, 0.4) is 0 Å². The fraction of sp³-hybridized carbons (Fsp3) is 0.143. The third-order valence-electron chi connectivity index (χ3n) is 0.948. The number of hydrogen-bond acceptors (Lipinski definition) is 0. The van der Waals surface area contributed by atoms with E-state index < -0.39 is 0 Å². The molecule has 0 unspecified atom stereocenters. The fourth-order valence-corrected chi connectivity index (χ4v) is 2.71. The first-order valence-electron chi connectivity index (χ1n) is 2.53. The van der Waals surface area contributed by atoms with Crippen LogP contribution in [-0.4, -0.2) is 0 Å². The molecule has 0 radical (unpaired) electrons. The zero-order valence-electron chi connectivity index (χ0n) is 5.32. The summed E-state index contributed by atoms with van der Waals surface area (Å²) in [7, 11) is 0. The molecule has 1 rings (SSSR count). The van der Waals surface area contributed by atoms with E-state index in [1.54, 1.807) is 0 Å². The Morgan fingerprint density at radius 3 is 1.90 bits per heavy atom. The van der Waals surface area contributed by atoms with Crippen molar-refractivity contribution in [3.63, 3.8) is 0 Å². The molecule has 0 amide bonds. The Morgan fingerprint density at radius 2 is 1.60 bits per heavy atom. The number of rotatable bonds is 0. The van der Waals surface area contributed by atoms with E-state index in [2.05, 4.69) is 70.3 Å². The quantitative estimate of drug-likeness (QED) is 0.360. The van der Waals surface area contributed by atoms with Crippen LogP contribution in [0.2, 0.25) is 0 Å². The monoisotopic (exact) mass is 527 g/mol. The Hall–Kier alpha value is 1.37. The van der Waals surface area contributed by atoms with Crippen molar-refractivity contribution < 1.29 is 21.1 Å². The normalized spacial score (nSPS) is 8.70. The Morgan fingerprint density at radius 1 is 1.20 bits per heavy atom. The zero-order chi connectivity index (χ0) is 6.85. The van der Waals surface area contributed by atoms with E-state index in [-0.39, 0.29) is 21.1 Å². The number of halogens is 2. The zero-order valence-corrected chi connectivity index (χ0v) is 12.6. The topological polar surface area (TPSA) is 0 Å². The summed E-state index contributed by atoms with van der Waals surface area (Å²) in [4.78, 5) is 0. The molecule has 0 nitrogen and oxygen atoms in total. The number of hydrogen-bond donors (Lipinski definition) is 0. The summed E-state index contributed by atoms with van der Waals surface area (Å²) in [5, 5.41) is 0. The fourth-order valence-electron chi connectivity index (χ4n) is 0.628. The van der Waals surface area contributed by atoms with Crippen LogP contribution in [-0.2, 0) is 21.1 Å². The standard InChI is InChI=1S/C7H5I2.W/c1-5-2-6(8)4-7(9)3-5;/h2-3H,1H3;/q-1;. The number of aryl methyl sites for hydroxylation is 1. The second-order valence-electron chi connectivity index (χ2n) is 1.85. The van der Waals surface area contributed by atoms with Crippen molar-refractivity contribution in [2.75, 3.05) is 0 Å². The van der Waals surface area contributed by atoms with Gasteiger partial charge in [-0.25, -0.2) is 0 Å².